The zero-order valence-corrected chi connectivity index (χ0v) is 32.2. The van der Waals surface area contributed by atoms with Crippen molar-refractivity contribution in [3.63, 3.8) is 0 Å². The van der Waals surface area contributed by atoms with Gasteiger partial charge in [0.25, 0.3) is 5.56 Å². The van der Waals surface area contributed by atoms with Crippen LogP contribution in [0.5, 0.6) is 0 Å². The smallest absolute Gasteiger partial charge is 0.490 e. The van der Waals surface area contributed by atoms with E-state index in [2.05, 4.69) is 44.6 Å². The van der Waals surface area contributed by atoms with Gasteiger partial charge < -0.3 is 61.2 Å². The third kappa shape index (κ3) is 9.06. The number of aliphatic hydroxyl groups is 3. The number of aromatic nitrogens is 6. The summed E-state index contributed by atoms with van der Waals surface area (Å²) in [5.74, 6) is -2.23. The van der Waals surface area contributed by atoms with Gasteiger partial charge in [0, 0.05) is 12.5 Å². The van der Waals surface area contributed by atoms with Crippen molar-refractivity contribution in [2.45, 2.75) is 50.3 Å². The predicted octanol–water partition coefficient (Wildman–Crippen LogP) is -1.02. The summed E-state index contributed by atoms with van der Waals surface area (Å²) in [7, 11) is -14.4. The summed E-state index contributed by atoms with van der Waals surface area (Å²) < 4.78 is 67.8. The van der Waals surface area contributed by atoms with Gasteiger partial charge in [0.1, 0.15) is 12.2 Å². The highest BCUT2D eigenvalue weighted by Gasteiger charge is 2.56. The van der Waals surface area contributed by atoms with E-state index in [4.69, 9.17) is 25.5 Å². The van der Waals surface area contributed by atoms with Gasteiger partial charge in [-0.3, -0.25) is 33.2 Å². The van der Waals surface area contributed by atoms with E-state index in [9.17, 15) is 53.3 Å². The zero-order valence-electron chi connectivity index (χ0n) is 29.6. The average Bonchev–Trinajstić information content (AvgIpc) is 3.67. The van der Waals surface area contributed by atoms with Gasteiger partial charge >= 0.3 is 29.0 Å². The molecule has 2 aliphatic rings. The van der Waals surface area contributed by atoms with E-state index in [1.54, 1.807) is 14.0 Å². The third-order valence-electron chi connectivity index (χ3n) is 8.79. The molecule has 3 aromatic heterocycles. The fourth-order valence-electron chi connectivity index (χ4n) is 5.93. The van der Waals surface area contributed by atoms with Crippen LogP contribution in [0.25, 0.3) is 11.2 Å². The van der Waals surface area contributed by atoms with Gasteiger partial charge in [-0.05, 0) is 26.0 Å². The number of methoxy groups -OCH3 is 1. The molecule has 1 fully saturated rings. The van der Waals surface area contributed by atoms with E-state index in [0.29, 0.717) is 0 Å². The Morgan fingerprint density at radius 1 is 1.07 bits per heavy atom. The Labute approximate surface area is 314 Å². The Balaban J connectivity index is 1.19. The molecule has 1 aliphatic heterocycles. The van der Waals surface area contributed by atoms with Crippen LogP contribution in [0, 0.1) is 5.41 Å². The molecule has 56 heavy (non-hydrogen) atoms. The first-order valence-electron chi connectivity index (χ1n) is 16.1. The Morgan fingerprint density at radius 2 is 1.68 bits per heavy atom. The summed E-state index contributed by atoms with van der Waals surface area (Å²) in [5.41, 5.74) is 8.59. The number of rotatable bonds is 19. The number of phosphoric ester groups is 2. The zero-order chi connectivity index (χ0) is 41.5. The number of nitrogens with two attached hydrogens (primary N) is 3. The lowest BCUT2D eigenvalue weighted by atomic mass is 9.91. The maximum atomic E-state index is 12.8. The number of nitrogen functional groups attached to an aromatic ring is 2. The van der Waals surface area contributed by atoms with Gasteiger partial charge in [-0.1, -0.05) is 6.58 Å². The summed E-state index contributed by atoms with van der Waals surface area (Å²) in [6, 6.07) is -0.904. The number of imidazole rings is 1. The normalized spacial score (nSPS) is 22.8. The van der Waals surface area contributed by atoms with Crippen molar-refractivity contribution in [2.75, 3.05) is 43.7 Å². The Kier molecular flexibility index (Phi) is 12.4. The van der Waals surface area contributed by atoms with Crippen LogP contribution in [-0.4, -0.2) is 111 Å². The number of H-pyrrole nitrogens is 2. The van der Waals surface area contributed by atoms with Crippen molar-refractivity contribution in [3.05, 3.63) is 51.3 Å². The molecule has 0 radical (unpaired) electrons. The number of nitrogens with zero attached hydrogens (tertiary/aromatic N) is 5. The van der Waals surface area contributed by atoms with Crippen LogP contribution >= 0.6 is 23.5 Å². The maximum Gasteiger partial charge on any atom is 0.490 e. The number of aliphatic hydroxyl groups excluding tert-OH is 3. The minimum atomic E-state index is -5.96. The summed E-state index contributed by atoms with van der Waals surface area (Å²) in [6.45, 7) is 3.46. The largest absolute Gasteiger partial charge is 0.506 e. The molecule has 1 aliphatic carbocycles. The number of quaternary nitrogens is 1. The second-order valence-corrected chi connectivity index (χ2v) is 17.1. The summed E-state index contributed by atoms with van der Waals surface area (Å²) in [5, 5.41) is 33.7. The second-order valence-electron chi connectivity index (χ2n) is 12.5. The molecule has 3 aromatic rings. The molecule has 14 N–H and O–H groups in total. The van der Waals surface area contributed by atoms with Gasteiger partial charge in [0.05, 0.1) is 38.7 Å². The van der Waals surface area contributed by atoms with Gasteiger partial charge in [-0.2, -0.15) is 18.6 Å². The molecule has 30 heteroatoms. The lowest BCUT2D eigenvalue weighted by Gasteiger charge is -2.37. The monoisotopic (exact) mass is 857 g/mol. The van der Waals surface area contributed by atoms with E-state index in [1.807, 2.05) is 0 Å². The van der Waals surface area contributed by atoms with Crippen LogP contribution in [0.3, 0.4) is 0 Å². The number of ether oxygens (including phenoxy) is 2. The van der Waals surface area contributed by atoms with Crippen LogP contribution < -0.4 is 32.8 Å². The van der Waals surface area contributed by atoms with Crippen molar-refractivity contribution < 1.29 is 76.2 Å². The van der Waals surface area contributed by atoms with Gasteiger partial charge in [-0.15, -0.1) is 0 Å². The number of phosphoric acid groups is 3. The van der Waals surface area contributed by atoms with Crippen molar-refractivity contribution in [1.82, 2.24) is 29.5 Å². The van der Waals surface area contributed by atoms with Gasteiger partial charge in [-0.25, -0.2) is 18.7 Å². The SMILES string of the molecule is C=CN(c1nc(N)[nH]c(=O)c1[NH2+]C)C(C)C(O)C(OC)C1(COP(=O)(O)OP(=O)(O)OP(=O)(O)OCC2OC(n3cnc4c(=O)[nH]c(N)nc43)C(O)=C2O)CC1. The number of hydrogen-bond donors (Lipinski definition) is 11. The Bertz CT molecular complexity index is 2280. The van der Waals surface area contributed by atoms with Crippen LogP contribution in [0.4, 0.5) is 23.4 Å². The minimum absolute atomic E-state index is 0.0697. The van der Waals surface area contributed by atoms with Crippen LogP contribution in [0.1, 0.15) is 26.0 Å². The van der Waals surface area contributed by atoms with Crippen molar-refractivity contribution >= 4 is 58.0 Å². The lowest BCUT2D eigenvalue weighted by Crippen LogP contribution is -2.75. The fourth-order valence-corrected chi connectivity index (χ4v) is 9.53. The predicted molar refractivity (Wildman–Crippen MR) is 190 cm³/mol. The van der Waals surface area contributed by atoms with E-state index in [1.165, 1.54) is 23.5 Å². The molecule has 0 spiro atoms. The van der Waals surface area contributed by atoms with Gasteiger partial charge in [0.2, 0.25) is 23.4 Å². The number of hydrogen-bond acceptors (Lipinski definition) is 20. The third-order valence-corrected chi connectivity index (χ3v) is 13.0. The van der Waals surface area contributed by atoms with E-state index < -0.39 is 95.3 Å². The minimum Gasteiger partial charge on any atom is -0.506 e. The fraction of sp³-hybridized carbons (Fsp3) is 0.500. The quantitative estimate of drug-likeness (QED) is 0.0643. The van der Waals surface area contributed by atoms with Gasteiger partial charge in [0.15, 0.2) is 28.9 Å². The van der Waals surface area contributed by atoms with E-state index in [-0.39, 0.29) is 47.4 Å². The number of aromatic amines is 2. The topological polar surface area (TPSA) is 409 Å². The number of nitrogens with one attached hydrogen (secondary N) is 2. The first kappa shape index (κ1) is 43.1. The molecule has 8 atom stereocenters. The molecule has 4 heterocycles. The number of anilines is 3. The molecule has 310 valence electrons. The molecule has 1 saturated carbocycles. The Hall–Kier alpha value is -4.04. The van der Waals surface area contributed by atoms with Crippen molar-refractivity contribution in [2.24, 2.45) is 5.41 Å². The molecule has 0 aromatic carbocycles. The second kappa shape index (κ2) is 16.1. The molecule has 0 saturated heterocycles. The summed E-state index contributed by atoms with van der Waals surface area (Å²) in [4.78, 5) is 72.9. The molecular formula is C26H40N10O17P3+. The molecule has 27 nitrogen and oxygen atoms in total. The highest BCUT2D eigenvalue weighted by atomic mass is 31.3. The highest BCUT2D eigenvalue weighted by molar-refractivity contribution is 7.66. The van der Waals surface area contributed by atoms with Crippen molar-refractivity contribution in [1.29, 1.82) is 0 Å². The maximum absolute atomic E-state index is 12.8. The summed E-state index contributed by atoms with van der Waals surface area (Å²) in [6.07, 6.45) is -3.00. The molecule has 5 rings (SSSR count). The molecular weight excluding hydrogens is 817 g/mol. The highest BCUT2D eigenvalue weighted by Crippen LogP contribution is 2.68. The lowest BCUT2D eigenvalue weighted by molar-refractivity contribution is -0.540. The first-order valence-corrected chi connectivity index (χ1v) is 20.6. The van der Waals surface area contributed by atoms with Crippen LogP contribution in [0.2, 0.25) is 0 Å². The molecule has 0 amide bonds. The average molecular weight is 858 g/mol. The first-order chi connectivity index (χ1) is 26.1. The van der Waals surface area contributed by atoms with E-state index >= 15 is 0 Å². The molecule has 0 bridgehead atoms. The molecule has 8 unspecified atom stereocenters. The van der Waals surface area contributed by atoms with Crippen LogP contribution in [-0.2, 0) is 40.8 Å². The van der Waals surface area contributed by atoms with Crippen molar-refractivity contribution in [3.8, 4) is 0 Å². The Morgan fingerprint density at radius 3 is 2.27 bits per heavy atom. The standard InChI is InChI=1S/C26H39N10O17P3/c1-5-35(19-13(29-3)21(40)33-24(27)31-19)11(2)15(37)18(48-4)26(6-7-26)9-50-55(44,45)53-56(46,47)52-54(42,43)49-8-12-16(38)17(39)23(51-12)36-10-30-14-20(36)32-25(28)34-22(14)41/h5,10-12,15,18,23,29,37-39H,1,6-9H2,2-4H3,(H,42,43)(H,44,45)(H,46,47)(H3,27,31,33,40)(H3,28,32,34,41)/p+1. The summed E-state index contributed by atoms with van der Waals surface area (Å²) >= 11 is 0. The van der Waals surface area contributed by atoms with Crippen LogP contribution in [0.15, 0.2) is 40.2 Å². The van der Waals surface area contributed by atoms with E-state index in [0.717, 1.165) is 10.9 Å². The number of fused-ring (bicyclic) bond motifs is 1.